The van der Waals surface area contributed by atoms with Crippen LogP contribution in [-0.4, -0.2) is 28.9 Å². The van der Waals surface area contributed by atoms with Gasteiger partial charge in [0.15, 0.2) is 5.11 Å². The number of thiocarbonyl (C=S) groups is 1. The van der Waals surface area contributed by atoms with E-state index < -0.39 is 0 Å². The molecular weight excluding hydrogens is 382 g/mol. The Morgan fingerprint density at radius 1 is 0.862 bits per heavy atom. The predicted octanol–water partition coefficient (Wildman–Crippen LogP) is 4.09. The number of carbonyl (C=O) groups is 2. The number of amides is 2. The second kappa shape index (κ2) is 9.61. The van der Waals surface area contributed by atoms with E-state index in [1.165, 1.54) is 0 Å². The number of carbonyl (C=O) groups excluding carboxylic acids is 2. The molecule has 3 aromatic rings. The number of rotatable bonds is 5. The van der Waals surface area contributed by atoms with E-state index in [4.69, 9.17) is 12.2 Å². The highest BCUT2D eigenvalue weighted by Crippen LogP contribution is 2.18. The van der Waals surface area contributed by atoms with E-state index in [9.17, 15) is 9.59 Å². The van der Waals surface area contributed by atoms with Gasteiger partial charge in [-0.2, -0.15) is 0 Å². The Balaban J connectivity index is 1.69. The number of anilines is 1. The van der Waals surface area contributed by atoms with Crippen LogP contribution < -0.4 is 10.6 Å². The SMILES string of the molecule is CN(Cc1ccccc1)C(=O)c1ccccc1NC(=S)NC(=O)c1ccccc1. The van der Waals surface area contributed by atoms with E-state index in [0.717, 1.165) is 5.56 Å². The molecule has 0 bridgehead atoms. The third kappa shape index (κ3) is 5.49. The first-order chi connectivity index (χ1) is 14.0. The number of nitrogens with one attached hydrogen (secondary N) is 2. The Kier molecular flexibility index (Phi) is 6.71. The quantitative estimate of drug-likeness (QED) is 0.630. The van der Waals surface area contributed by atoms with Crippen molar-refractivity contribution >= 4 is 34.8 Å². The first-order valence-electron chi connectivity index (χ1n) is 9.10. The zero-order valence-corrected chi connectivity index (χ0v) is 16.8. The number of benzene rings is 3. The maximum Gasteiger partial charge on any atom is 0.257 e. The van der Waals surface area contributed by atoms with Crippen molar-refractivity contribution < 1.29 is 9.59 Å². The number of hydrogen-bond donors (Lipinski definition) is 2. The fraction of sp³-hybridized carbons (Fsp3) is 0.0870. The molecule has 0 aromatic heterocycles. The van der Waals surface area contributed by atoms with Crippen molar-refractivity contribution in [2.75, 3.05) is 12.4 Å². The highest BCUT2D eigenvalue weighted by Gasteiger charge is 2.17. The molecule has 0 aliphatic rings. The van der Waals surface area contributed by atoms with Crippen LogP contribution in [0.1, 0.15) is 26.3 Å². The second-order valence-electron chi connectivity index (χ2n) is 6.47. The van der Waals surface area contributed by atoms with Crippen molar-refractivity contribution in [3.05, 3.63) is 102 Å². The molecule has 29 heavy (non-hydrogen) atoms. The fourth-order valence-electron chi connectivity index (χ4n) is 2.83. The minimum Gasteiger partial charge on any atom is -0.337 e. The van der Waals surface area contributed by atoms with E-state index in [2.05, 4.69) is 10.6 Å². The summed E-state index contributed by atoms with van der Waals surface area (Å²) in [5.41, 5.74) is 2.56. The monoisotopic (exact) mass is 403 g/mol. The number of para-hydroxylation sites is 1. The summed E-state index contributed by atoms with van der Waals surface area (Å²) >= 11 is 5.26. The minimum atomic E-state index is -0.312. The van der Waals surface area contributed by atoms with Gasteiger partial charge in [0, 0.05) is 19.2 Å². The van der Waals surface area contributed by atoms with E-state index >= 15 is 0 Å². The molecule has 0 aliphatic carbocycles. The molecule has 146 valence electrons. The van der Waals surface area contributed by atoms with Gasteiger partial charge in [-0.05, 0) is 42.0 Å². The molecule has 6 heteroatoms. The van der Waals surface area contributed by atoms with Crippen LogP contribution in [0, 0.1) is 0 Å². The lowest BCUT2D eigenvalue weighted by atomic mass is 10.1. The van der Waals surface area contributed by atoms with Crippen molar-refractivity contribution in [2.45, 2.75) is 6.54 Å². The third-order valence-corrected chi connectivity index (χ3v) is 4.48. The van der Waals surface area contributed by atoms with Gasteiger partial charge < -0.3 is 10.2 Å². The van der Waals surface area contributed by atoms with Gasteiger partial charge in [0.1, 0.15) is 0 Å². The maximum absolute atomic E-state index is 13.0. The molecule has 0 spiro atoms. The van der Waals surface area contributed by atoms with Gasteiger partial charge in [0.2, 0.25) is 0 Å². The Bertz CT molecular complexity index is 1010. The van der Waals surface area contributed by atoms with Gasteiger partial charge in [-0.3, -0.25) is 14.9 Å². The molecule has 0 atom stereocenters. The molecule has 3 aromatic carbocycles. The zero-order chi connectivity index (χ0) is 20.6. The van der Waals surface area contributed by atoms with Gasteiger partial charge in [0.05, 0.1) is 11.3 Å². The first-order valence-corrected chi connectivity index (χ1v) is 9.51. The molecule has 5 nitrogen and oxygen atoms in total. The summed E-state index contributed by atoms with van der Waals surface area (Å²) in [7, 11) is 1.75. The van der Waals surface area contributed by atoms with Gasteiger partial charge in [0.25, 0.3) is 11.8 Å². The van der Waals surface area contributed by atoms with Crippen molar-refractivity contribution in [3.8, 4) is 0 Å². The lowest BCUT2D eigenvalue weighted by Gasteiger charge is -2.20. The number of hydrogen-bond acceptors (Lipinski definition) is 3. The van der Waals surface area contributed by atoms with Crippen LogP contribution in [0.25, 0.3) is 0 Å². The molecule has 0 unspecified atom stereocenters. The molecule has 2 N–H and O–H groups in total. The lowest BCUT2D eigenvalue weighted by Crippen LogP contribution is -2.35. The standard InChI is InChI=1S/C23H21N3O2S/c1-26(16-17-10-4-2-5-11-17)22(28)19-14-8-9-15-20(19)24-23(29)25-21(27)18-12-6-3-7-13-18/h2-15H,16H2,1H3,(H2,24,25,27,29). The van der Waals surface area contributed by atoms with Crippen molar-refractivity contribution in [3.63, 3.8) is 0 Å². The molecule has 0 radical (unpaired) electrons. The van der Waals surface area contributed by atoms with Crippen molar-refractivity contribution in [2.24, 2.45) is 0 Å². The van der Waals surface area contributed by atoms with Crippen molar-refractivity contribution in [1.82, 2.24) is 10.2 Å². The third-order valence-electron chi connectivity index (χ3n) is 4.28. The van der Waals surface area contributed by atoms with Gasteiger partial charge in [-0.1, -0.05) is 60.7 Å². The Labute approximate surface area is 175 Å². The molecule has 0 fully saturated rings. The largest absolute Gasteiger partial charge is 0.337 e. The summed E-state index contributed by atoms with van der Waals surface area (Å²) in [5.74, 6) is -0.456. The van der Waals surface area contributed by atoms with E-state index in [1.807, 2.05) is 36.4 Å². The summed E-state index contributed by atoms with van der Waals surface area (Å²) in [6.45, 7) is 0.489. The average Bonchev–Trinajstić information content (AvgIpc) is 2.75. The molecular formula is C23H21N3O2S. The second-order valence-corrected chi connectivity index (χ2v) is 6.87. The van der Waals surface area contributed by atoms with Crippen LogP contribution in [0.5, 0.6) is 0 Å². The van der Waals surface area contributed by atoms with E-state index in [1.54, 1.807) is 60.5 Å². The Morgan fingerprint density at radius 2 is 1.45 bits per heavy atom. The summed E-state index contributed by atoms with van der Waals surface area (Å²) in [4.78, 5) is 26.9. The van der Waals surface area contributed by atoms with E-state index in [0.29, 0.717) is 23.4 Å². The Hall–Kier alpha value is -3.51. The smallest absolute Gasteiger partial charge is 0.257 e. The summed E-state index contributed by atoms with van der Waals surface area (Å²) in [6.07, 6.45) is 0. The molecule has 0 aliphatic heterocycles. The van der Waals surface area contributed by atoms with Crippen LogP contribution in [0.15, 0.2) is 84.9 Å². The average molecular weight is 404 g/mol. The molecule has 0 heterocycles. The minimum absolute atomic E-state index is 0.129. The summed E-state index contributed by atoms with van der Waals surface area (Å²) < 4.78 is 0. The topological polar surface area (TPSA) is 61.4 Å². The molecule has 0 saturated carbocycles. The highest BCUT2D eigenvalue weighted by molar-refractivity contribution is 7.80. The molecule has 3 rings (SSSR count). The van der Waals surface area contributed by atoms with Crippen LogP contribution >= 0.6 is 12.2 Å². The number of nitrogens with zero attached hydrogens (tertiary/aromatic N) is 1. The van der Waals surface area contributed by atoms with Gasteiger partial charge >= 0.3 is 0 Å². The van der Waals surface area contributed by atoms with Crippen LogP contribution in [-0.2, 0) is 6.54 Å². The normalized spacial score (nSPS) is 10.1. The fourth-order valence-corrected chi connectivity index (χ4v) is 3.03. The maximum atomic E-state index is 13.0. The van der Waals surface area contributed by atoms with Crippen LogP contribution in [0.2, 0.25) is 0 Å². The summed E-state index contributed by atoms with van der Waals surface area (Å²) in [6, 6.07) is 25.6. The van der Waals surface area contributed by atoms with E-state index in [-0.39, 0.29) is 16.9 Å². The van der Waals surface area contributed by atoms with Crippen molar-refractivity contribution in [1.29, 1.82) is 0 Å². The van der Waals surface area contributed by atoms with Gasteiger partial charge in [-0.15, -0.1) is 0 Å². The molecule has 2 amide bonds. The molecule has 0 saturated heterocycles. The Morgan fingerprint density at radius 3 is 2.14 bits per heavy atom. The zero-order valence-electron chi connectivity index (χ0n) is 16.0. The predicted molar refractivity (Wildman–Crippen MR) is 119 cm³/mol. The highest BCUT2D eigenvalue weighted by atomic mass is 32.1. The van der Waals surface area contributed by atoms with Gasteiger partial charge in [-0.25, -0.2) is 0 Å². The lowest BCUT2D eigenvalue weighted by molar-refractivity contribution is 0.0786. The summed E-state index contributed by atoms with van der Waals surface area (Å²) in [5, 5.41) is 5.73. The van der Waals surface area contributed by atoms with Crippen LogP contribution in [0.3, 0.4) is 0 Å². The van der Waals surface area contributed by atoms with Crippen LogP contribution in [0.4, 0.5) is 5.69 Å². The first kappa shape index (κ1) is 20.2.